The fraction of sp³-hybridized carbons (Fsp3) is 0.214. The van der Waals surface area contributed by atoms with Crippen LogP contribution in [-0.4, -0.2) is 35.3 Å². The maximum absolute atomic E-state index is 12.2. The first-order chi connectivity index (χ1) is 9.47. The van der Waals surface area contributed by atoms with Crippen molar-refractivity contribution in [3.05, 3.63) is 33.8 Å². The zero-order valence-corrected chi connectivity index (χ0v) is 12.1. The zero-order chi connectivity index (χ0) is 14.9. The molecule has 0 fully saturated rings. The first kappa shape index (κ1) is 14.3. The van der Waals surface area contributed by atoms with Crippen molar-refractivity contribution in [1.82, 2.24) is 4.90 Å². The number of hydrogen-bond acceptors (Lipinski definition) is 4. The van der Waals surface area contributed by atoms with Crippen LogP contribution in [0.25, 0.3) is 0 Å². The largest absolute Gasteiger partial charge is 0.451 e. The van der Waals surface area contributed by atoms with Gasteiger partial charge < -0.3 is 4.74 Å². The summed E-state index contributed by atoms with van der Waals surface area (Å²) in [7, 11) is 0. The van der Waals surface area contributed by atoms with Crippen LogP contribution in [0.5, 0.6) is 0 Å². The number of carbonyl (C=O) groups excluding carboxylic acids is 3. The monoisotopic (exact) mass is 335 g/mol. The average Bonchev–Trinajstić information content (AvgIpc) is 2.67. The lowest BCUT2D eigenvalue weighted by Crippen LogP contribution is -2.43. The normalized spacial score (nSPS) is 14.8. The van der Waals surface area contributed by atoms with Gasteiger partial charge in [0, 0.05) is 4.47 Å². The van der Waals surface area contributed by atoms with Crippen molar-refractivity contribution in [2.24, 2.45) is 0 Å². The average molecular weight is 336 g/mol. The highest BCUT2D eigenvalue weighted by Gasteiger charge is 2.41. The van der Waals surface area contributed by atoms with Crippen molar-refractivity contribution < 1.29 is 19.1 Å². The number of nitrogens with zero attached hydrogens (tertiary/aromatic N) is 1. The molecule has 1 atom stereocenters. The Morgan fingerprint density at radius 2 is 2.05 bits per heavy atom. The van der Waals surface area contributed by atoms with Gasteiger partial charge in [-0.2, -0.15) is 0 Å². The third kappa shape index (κ3) is 2.32. The van der Waals surface area contributed by atoms with Crippen molar-refractivity contribution in [1.29, 1.82) is 0 Å². The van der Waals surface area contributed by atoms with Crippen LogP contribution >= 0.6 is 15.9 Å². The summed E-state index contributed by atoms with van der Waals surface area (Å²) in [6.45, 7) is 1.23. The van der Waals surface area contributed by atoms with E-state index in [0.717, 1.165) is 4.90 Å². The van der Waals surface area contributed by atoms with Crippen LogP contribution in [0.2, 0.25) is 0 Å². The van der Waals surface area contributed by atoms with E-state index >= 15 is 0 Å². The molecule has 1 aliphatic heterocycles. The molecule has 2 rings (SSSR count). The minimum Gasteiger partial charge on any atom is -0.451 e. The number of carbonyl (C=O) groups is 3. The fourth-order valence-corrected chi connectivity index (χ4v) is 2.28. The molecule has 0 radical (unpaired) electrons. The second kappa shape index (κ2) is 5.47. The minimum absolute atomic E-state index is 0.197. The van der Waals surface area contributed by atoms with Gasteiger partial charge in [0.15, 0.2) is 6.61 Å². The molecule has 102 valence electrons. The first-order valence-electron chi connectivity index (χ1n) is 5.75. The van der Waals surface area contributed by atoms with Crippen LogP contribution in [-0.2, 0) is 9.53 Å². The smallest absolute Gasteiger partial charge is 0.330 e. The summed E-state index contributed by atoms with van der Waals surface area (Å²) in [5.41, 5.74) is 0.538. The summed E-state index contributed by atoms with van der Waals surface area (Å²) in [4.78, 5) is 37.0. The van der Waals surface area contributed by atoms with E-state index in [4.69, 9.17) is 11.2 Å². The molecule has 1 aromatic rings. The molecule has 0 unspecified atom stereocenters. The predicted molar refractivity (Wildman–Crippen MR) is 73.9 cm³/mol. The van der Waals surface area contributed by atoms with Gasteiger partial charge in [-0.25, -0.2) is 4.79 Å². The number of ether oxygens (including phenoxy) is 1. The van der Waals surface area contributed by atoms with Crippen molar-refractivity contribution in [2.75, 3.05) is 6.61 Å². The van der Waals surface area contributed by atoms with E-state index in [9.17, 15) is 14.4 Å². The summed E-state index contributed by atoms with van der Waals surface area (Å²) in [5.74, 6) is 0.413. The van der Waals surface area contributed by atoms with Crippen LogP contribution in [0, 0.1) is 12.3 Å². The van der Waals surface area contributed by atoms with E-state index in [1.807, 2.05) is 0 Å². The second-order valence-corrected chi connectivity index (χ2v) is 5.07. The molecule has 0 aliphatic carbocycles. The Bertz CT molecular complexity index is 647. The Morgan fingerprint density at radius 1 is 1.40 bits per heavy atom. The van der Waals surface area contributed by atoms with Crippen molar-refractivity contribution in [2.45, 2.75) is 13.0 Å². The molecule has 2 amide bonds. The zero-order valence-electron chi connectivity index (χ0n) is 10.6. The van der Waals surface area contributed by atoms with E-state index < -0.39 is 23.8 Å². The first-order valence-corrected chi connectivity index (χ1v) is 6.54. The standard InChI is InChI=1S/C14H10BrNO4/c1-3-6-20-14(19)8(2)16-12(17)10-5-4-9(15)7-11(10)13(16)18/h1,4-5,7-8H,6H2,2H3/t8-/m0/s1. The Balaban J connectivity index is 2.28. The van der Waals surface area contributed by atoms with Gasteiger partial charge in [0.25, 0.3) is 11.8 Å². The molecule has 6 heteroatoms. The summed E-state index contributed by atoms with van der Waals surface area (Å²) < 4.78 is 5.44. The third-order valence-electron chi connectivity index (χ3n) is 2.91. The van der Waals surface area contributed by atoms with Crippen LogP contribution < -0.4 is 0 Å². The van der Waals surface area contributed by atoms with Crippen LogP contribution in [0.4, 0.5) is 0 Å². The van der Waals surface area contributed by atoms with Crippen molar-refractivity contribution >= 4 is 33.7 Å². The van der Waals surface area contributed by atoms with Crippen LogP contribution in [0.15, 0.2) is 22.7 Å². The quantitative estimate of drug-likeness (QED) is 0.478. The van der Waals surface area contributed by atoms with Crippen LogP contribution in [0.3, 0.4) is 0 Å². The Morgan fingerprint density at radius 3 is 2.70 bits per heavy atom. The Hall–Kier alpha value is -2.13. The lowest BCUT2D eigenvalue weighted by Gasteiger charge is -2.20. The van der Waals surface area contributed by atoms with Gasteiger partial charge >= 0.3 is 5.97 Å². The lowest BCUT2D eigenvalue weighted by molar-refractivity contribution is -0.146. The van der Waals surface area contributed by atoms with Gasteiger partial charge in [-0.1, -0.05) is 21.9 Å². The van der Waals surface area contributed by atoms with E-state index in [0.29, 0.717) is 4.47 Å². The molecule has 0 aromatic heterocycles. The summed E-state index contributed by atoms with van der Waals surface area (Å²) in [6, 6.07) is 3.73. The highest BCUT2D eigenvalue weighted by atomic mass is 79.9. The number of fused-ring (bicyclic) bond motifs is 1. The van der Waals surface area contributed by atoms with Crippen LogP contribution in [0.1, 0.15) is 27.6 Å². The molecular formula is C14H10BrNO4. The molecule has 0 saturated heterocycles. The molecule has 1 aliphatic rings. The Labute approximate surface area is 124 Å². The molecule has 20 heavy (non-hydrogen) atoms. The second-order valence-electron chi connectivity index (χ2n) is 4.16. The Kier molecular flexibility index (Phi) is 3.91. The maximum Gasteiger partial charge on any atom is 0.330 e. The van der Waals surface area contributed by atoms with Gasteiger partial charge in [-0.15, -0.1) is 6.42 Å². The SMILES string of the molecule is C#CCOC(=O)[C@H](C)N1C(=O)c2ccc(Br)cc2C1=O. The molecule has 1 heterocycles. The van der Waals surface area contributed by atoms with Gasteiger partial charge in [-0.05, 0) is 25.1 Å². The van der Waals surface area contributed by atoms with E-state index in [2.05, 4.69) is 21.9 Å². The molecule has 0 spiro atoms. The molecule has 0 saturated carbocycles. The fourth-order valence-electron chi connectivity index (χ4n) is 1.92. The minimum atomic E-state index is -1.02. The number of rotatable bonds is 3. The van der Waals surface area contributed by atoms with Crippen molar-refractivity contribution in [3.63, 3.8) is 0 Å². The predicted octanol–water partition coefficient (Wildman–Crippen LogP) is 1.61. The highest BCUT2D eigenvalue weighted by molar-refractivity contribution is 9.10. The number of terminal acetylenes is 1. The molecular weight excluding hydrogens is 326 g/mol. The van der Waals surface area contributed by atoms with Crippen molar-refractivity contribution in [3.8, 4) is 12.3 Å². The number of imide groups is 1. The maximum atomic E-state index is 12.2. The van der Waals surface area contributed by atoms with E-state index in [1.54, 1.807) is 18.2 Å². The number of amides is 2. The van der Waals surface area contributed by atoms with E-state index in [-0.39, 0.29) is 17.7 Å². The lowest BCUT2D eigenvalue weighted by atomic mass is 10.1. The van der Waals surface area contributed by atoms with E-state index in [1.165, 1.54) is 6.92 Å². The number of benzene rings is 1. The summed E-state index contributed by atoms with van der Waals surface area (Å²) in [5, 5.41) is 0. The van der Waals surface area contributed by atoms with Gasteiger partial charge in [0.05, 0.1) is 11.1 Å². The number of halogens is 1. The molecule has 1 aromatic carbocycles. The van der Waals surface area contributed by atoms with Gasteiger partial charge in [-0.3, -0.25) is 14.5 Å². The molecule has 0 N–H and O–H groups in total. The number of hydrogen-bond donors (Lipinski definition) is 0. The topological polar surface area (TPSA) is 63.7 Å². The highest BCUT2D eigenvalue weighted by Crippen LogP contribution is 2.27. The number of esters is 1. The van der Waals surface area contributed by atoms with Gasteiger partial charge in [0.2, 0.25) is 0 Å². The molecule has 5 nitrogen and oxygen atoms in total. The third-order valence-corrected chi connectivity index (χ3v) is 3.40. The summed E-state index contributed by atoms with van der Waals surface area (Å²) >= 11 is 3.24. The summed E-state index contributed by atoms with van der Waals surface area (Å²) in [6.07, 6.45) is 4.99. The molecule has 0 bridgehead atoms. The van der Waals surface area contributed by atoms with Gasteiger partial charge in [0.1, 0.15) is 6.04 Å².